The SMILES string of the molecule is Cc1cc(Cl)nc(CN2CCCCC2)n1. The van der Waals surface area contributed by atoms with Crippen molar-refractivity contribution in [3.8, 4) is 0 Å². The van der Waals surface area contributed by atoms with Crippen LogP contribution in [0.2, 0.25) is 5.15 Å². The van der Waals surface area contributed by atoms with Gasteiger partial charge in [-0.2, -0.15) is 0 Å². The molecule has 0 unspecified atom stereocenters. The van der Waals surface area contributed by atoms with Gasteiger partial charge >= 0.3 is 0 Å². The number of aryl methyl sites for hydroxylation is 1. The topological polar surface area (TPSA) is 29.0 Å². The van der Waals surface area contributed by atoms with Gasteiger partial charge in [0, 0.05) is 5.69 Å². The van der Waals surface area contributed by atoms with E-state index in [0.29, 0.717) is 5.15 Å². The molecule has 1 aliphatic rings. The third-order valence-electron chi connectivity index (χ3n) is 2.68. The highest BCUT2D eigenvalue weighted by Crippen LogP contribution is 2.12. The lowest BCUT2D eigenvalue weighted by Gasteiger charge is -2.25. The molecule has 82 valence electrons. The first-order valence-corrected chi connectivity index (χ1v) is 5.84. The van der Waals surface area contributed by atoms with E-state index >= 15 is 0 Å². The number of likely N-dealkylation sites (tertiary alicyclic amines) is 1. The first kappa shape index (κ1) is 10.8. The normalized spacial score (nSPS) is 18.0. The minimum absolute atomic E-state index is 0.550. The van der Waals surface area contributed by atoms with Crippen LogP contribution in [-0.4, -0.2) is 28.0 Å². The Morgan fingerprint density at radius 1 is 1.27 bits per heavy atom. The summed E-state index contributed by atoms with van der Waals surface area (Å²) in [5.74, 6) is 0.849. The number of rotatable bonds is 2. The zero-order chi connectivity index (χ0) is 10.7. The fourth-order valence-corrected chi connectivity index (χ4v) is 2.23. The van der Waals surface area contributed by atoms with Crippen LogP contribution in [0.15, 0.2) is 6.07 Å². The van der Waals surface area contributed by atoms with E-state index in [0.717, 1.165) is 31.2 Å². The van der Waals surface area contributed by atoms with Gasteiger partial charge in [0.2, 0.25) is 0 Å². The molecular weight excluding hydrogens is 210 g/mol. The van der Waals surface area contributed by atoms with Crippen LogP contribution in [0.5, 0.6) is 0 Å². The van der Waals surface area contributed by atoms with Crippen molar-refractivity contribution in [3.05, 3.63) is 22.7 Å². The van der Waals surface area contributed by atoms with Crippen molar-refractivity contribution >= 4 is 11.6 Å². The molecular formula is C11H16ClN3. The molecule has 1 aromatic heterocycles. The van der Waals surface area contributed by atoms with Gasteiger partial charge in [0.25, 0.3) is 0 Å². The Morgan fingerprint density at radius 2 is 2.00 bits per heavy atom. The molecule has 0 amide bonds. The van der Waals surface area contributed by atoms with Gasteiger partial charge in [-0.3, -0.25) is 4.90 Å². The summed E-state index contributed by atoms with van der Waals surface area (Å²) in [6.45, 7) is 5.11. The van der Waals surface area contributed by atoms with Crippen LogP contribution in [0.1, 0.15) is 30.8 Å². The summed E-state index contributed by atoms with van der Waals surface area (Å²) >= 11 is 5.90. The standard InChI is InChI=1S/C11H16ClN3/c1-9-7-10(12)14-11(13-9)8-15-5-3-2-4-6-15/h7H,2-6,8H2,1H3. The van der Waals surface area contributed by atoms with Crippen molar-refractivity contribution in [2.45, 2.75) is 32.7 Å². The van der Waals surface area contributed by atoms with Crippen LogP contribution in [0.3, 0.4) is 0 Å². The van der Waals surface area contributed by atoms with Crippen LogP contribution in [-0.2, 0) is 6.54 Å². The Labute approximate surface area is 95.5 Å². The number of piperidine rings is 1. The Balaban J connectivity index is 2.02. The van der Waals surface area contributed by atoms with E-state index in [1.807, 2.05) is 6.92 Å². The molecule has 0 atom stereocenters. The summed E-state index contributed by atoms with van der Waals surface area (Å²) in [5.41, 5.74) is 0.946. The third kappa shape index (κ3) is 3.14. The smallest absolute Gasteiger partial charge is 0.144 e. The van der Waals surface area contributed by atoms with Gasteiger partial charge in [-0.25, -0.2) is 9.97 Å². The molecule has 0 spiro atoms. The molecule has 2 rings (SSSR count). The Bertz CT molecular complexity index is 314. The zero-order valence-corrected chi connectivity index (χ0v) is 9.80. The number of aromatic nitrogens is 2. The molecule has 2 heterocycles. The van der Waals surface area contributed by atoms with Gasteiger partial charge < -0.3 is 0 Å². The second-order valence-corrected chi connectivity index (χ2v) is 4.47. The predicted molar refractivity (Wildman–Crippen MR) is 60.9 cm³/mol. The minimum atomic E-state index is 0.550. The molecule has 0 radical (unpaired) electrons. The molecule has 0 saturated carbocycles. The summed E-state index contributed by atoms with van der Waals surface area (Å²) in [6, 6.07) is 1.79. The number of nitrogens with zero attached hydrogens (tertiary/aromatic N) is 3. The summed E-state index contributed by atoms with van der Waals surface area (Å²) < 4.78 is 0. The summed E-state index contributed by atoms with van der Waals surface area (Å²) in [7, 11) is 0. The molecule has 0 N–H and O–H groups in total. The quantitative estimate of drug-likeness (QED) is 0.724. The van der Waals surface area contributed by atoms with Crippen LogP contribution >= 0.6 is 11.6 Å². The molecule has 4 heteroatoms. The highest BCUT2D eigenvalue weighted by molar-refractivity contribution is 6.29. The maximum Gasteiger partial charge on any atom is 0.144 e. The first-order valence-electron chi connectivity index (χ1n) is 5.46. The average Bonchev–Trinajstić information content (AvgIpc) is 2.17. The van der Waals surface area contributed by atoms with Gasteiger partial charge in [-0.05, 0) is 38.9 Å². The zero-order valence-electron chi connectivity index (χ0n) is 9.04. The van der Waals surface area contributed by atoms with Crippen molar-refractivity contribution in [2.24, 2.45) is 0 Å². The second kappa shape index (κ2) is 4.90. The van der Waals surface area contributed by atoms with E-state index < -0.39 is 0 Å². The maximum atomic E-state index is 5.90. The third-order valence-corrected chi connectivity index (χ3v) is 2.88. The largest absolute Gasteiger partial charge is 0.296 e. The Morgan fingerprint density at radius 3 is 2.67 bits per heavy atom. The highest BCUT2D eigenvalue weighted by atomic mass is 35.5. The fraction of sp³-hybridized carbons (Fsp3) is 0.636. The molecule has 0 aliphatic carbocycles. The Hall–Kier alpha value is -0.670. The monoisotopic (exact) mass is 225 g/mol. The lowest BCUT2D eigenvalue weighted by molar-refractivity contribution is 0.216. The lowest BCUT2D eigenvalue weighted by atomic mass is 10.1. The van der Waals surface area contributed by atoms with E-state index in [4.69, 9.17) is 11.6 Å². The van der Waals surface area contributed by atoms with Crippen LogP contribution in [0.4, 0.5) is 0 Å². The number of hydrogen-bond donors (Lipinski definition) is 0. The van der Waals surface area contributed by atoms with Crippen molar-refractivity contribution in [1.82, 2.24) is 14.9 Å². The number of hydrogen-bond acceptors (Lipinski definition) is 3. The molecule has 3 nitrogen and oxygen atoms in total. The number of halogens is 1. The van der Waals surface area contributed by atoms with Crippen molar-refractivity contribution < 1.29 is 0 Å². The highest BCUT2D eigenvalue weighted by Gasteiger charge is 2.12. The van der Waals surface area contributed by atoms with Crippen molar-refractivity contribution in [3.63, 3.8) is 0 Å². The minimum Gasteiger partial charge on any atom is -0.296 e. The molecule has 15 heavy (non-hydrogen) atoms. The molecule has 1 fully saturated rings. The lowest BCUT2D eigenvalue weighted by Crippen LogP contribution is -2.29. The van der Waals surface area contributed by atoms with E-state index in [2.05, 4.69) is 14.9 Å². The van der Waals surface area contributed by atoms with Crippen LogP contribution < -0.4 is 0 Å². The van der Waals surface area contributed by atoms with E-state index in [-0.39, 0.29) is 0 Å². The van der Waals surface area contributed by atoms with Gasteiger partial charge in [-0.15, -0.1) is 0 Å². The van der Waals surface area contributed by atoms with Gasteiger partial charge in [0.1, 0.15) is 11.0 Å². The van der Waals surface area contributed by atoms with Gasteiger partial charge in [0.05, 0.1) is 6.54 Å². The molecule has 0 aromatic carbocycles. The maximum absolute atomic E-state index is 5.90. The van der Waals surface area contributed by atoms with Crippen LogP contribution in [0, 0.1) is 6.92 Å². The van der Waals surface area contributed by atoms with Crippen molar-refractivity contribution in [2.75, 3.05) is 13.1 Å². The van der Waals surface area contributed by atoms with E-state index in [9.17, 15) is 0 Å². The molecule has 0 bridgehead atoms. The molecule has 1 aliphatic heterocycles. The summed E-state index contributed by atoms with van der Waals surface area (Å²) in [6.07, 6.45) is 3.94. The Kier molecular flexibility index (Phi) is 3.54. The average molecular weight is 226 g/mol. The van der Waals surface area contributed by atoms with Crippen molar-refractivity contribution in [1.29, 1.82) is 0 Å². The molecule has 1 aromatic rings. The van der Waals surface area contributed by atoms with E-state index in [1.165, 1.54) is 19.3 Å². The molecule has 1 saturated heterocycles. The predicted octanol–water partition coefficient (Wildman–Crippen LogP) is 2.42. The van der Waals surface area contributed by atoms with Crippen LogP contribution in [0.25, 0.3) is 0 Å². The van der Waals surface area contributed by atoms with E-state index in [1.54, 1.807) is 6.07 Å². The summed E-state index contributed by atoms with van der Waals surface area (Å²) in [4.78, 5) is 11.0. The first-order chi connectivity index (χ1) is 7.24. The summed E-state index contributed by atoms with van der Waals surface area (Å²) in [5, 5.41) is 0.550. The fourth-order valence-electron chi connectivity index (χ4n) is 1.98. The van der Waals surface area contributed by atoms with Gasteiger partial charge in [0.15, 0.2) is 0 Å². The second-order valence-electron chi connectivity index (χ2n) is 4.09. The van der Waals surface area contributed by atoms with Gasteiger partial charge in [-0.1, -0.05) is 18.0 Å².